The first-order valence-electron chi connectivity index (χ1n) is 7.40. The number of nitrogens with one attached hydrogen (secondary N) is 1. The number of carbonyl (C=O) groups is 1. The minimum atomic E-state index is 0.132. The number of hydrogen-bond acceptors (Lipinski definition) is 3. The van der Waals surface area contributed by atoms with E-state index in [1.54, 1.807) is 4.90 Å². The second-order valence-electron chi connectivity index (χ2n) is 4.85. The van der Waals surface area contributed by atoms with Gasteiger partial charge < -0.3 is 15.1 Å². The van der Waals surface area contributed by atoms with E-state index in [4.69, 9.17) is 0 Å². The van der Waals surface area contributed by atoms with Crippen LogP contribution in [0.4, 0.5) is 5.69 Å². The number of anilines is 1. The molecule has 1 amide bonds. The number of amides is 1. The Kier molecular flexibility index (Phi) is 7.09. The van der Waals surface area contributed by atoms with E-state index >= 15 is 0 Å². The van der Waals surface area contributed by atoms with Gasteiger partial charge in [0.15, 0.2) is 0 Å². The first-order chi connectivity index (χ1) is 9.62. The van der Waals surface area contributed by atoms with E-state index in [-0.39, 0.29) is 5.91 Å². The highest BCUT2D eigenvalue weighted by Gasteiger charge is 2.05. The van der Waals surface area contributed by atoms with Gasteiger partial charge in [0.2, 0.25) is 5.91 Å². The van der Waals surface area contributed by atoms with E-state index in [9.17, 15) is 4.79 Å². The summed E-state index contributed by atoms with van der Waals surface area (Å²) in [5, 5.41) is 3.19. The highest BCUT2D eigenvalue weighted by molar-refractivity contribution is 5.77. The molecule has 0 aliphatic heterocycles. The predicted molar refractivity (Wildman–Crippen MR) is 85.0 cm³/mol. The van der Waals surface area contributed by atoms with Gasteiger partial charge in [-0.2, -0.15) is 0 Å². The smallest absolute Gasteiger partial charge is 0.236 e. The summed E-state index contributed by atoms with van der Waals surface area (Å²) in [6, 6.07) is 8.53. The van der Waals surface area contributed by atoms with E-state index in [1.165, 1.54) is 11.3 Å². The molecule has 1 rings (SSSR count). The molecule has 0 spiro atoms. The molecule has 4 nitrogen and oxygen atoms in total. The van der Waals surface area contributed by atoms with Crippen LogP contribution in [0.1, 0.15) is 26.3 Å². The van der Waals surface area contributed by atoms with Crippen molar-refractivity contribution in [3.8, 4) is 0 Å². The molecule has 0 unspecified atom stereocenters. The predicted octanol–water partition coefficient (Wildman–Crippen LogP) is 2.10. The quantitative estimate of drug-likeness (QED) is 0.790. The lowest BCUT2D eigenvalue weighted by atomic mass is 10.2. The first kappa shape index (κ1) is 16.5. The van der Waals surface area contributed by atoms with Gasteiger partial charge in [-0.05, 0) is 38.5 Å². The zero-order valence-electron chi connectivity index (χ0n) is 13.1. The Labute approximate surface area is 122 Å². The molecule has 0 saturated carbocycles. The lowest BCUT2D eigenvalue weighted by molar-refractivity contribution is -0.128. The SMILES string of the molecule is CCN(C)C(=O)CNCc1ccc(N(CC)CC)cc1. The van der Waals surface area contributed by atoms with Crippen LogP contribution in [0.15, 0.2) is 24.3 Å². The van der Waals surface area contributed by atoms with Gasteiger partial charge in [-0.15, -0.1) is 0 Å². The molecule has 1 aromatic rings. The molecule has 0 bridgehead atoms. The molecule has 0 aliphatic rings. The van der Waals surface area contributed by atoms with Gasteiger partial charge in [0.1, 0.15) is 0 Å². The minimum absolute atomic E-state index is 0.132. The van der Waals surface area contributed by atoms with Crippen molar-refractivity contribution >= 4 is 11.6 Å². The standard InChI is InChI=1S/C16H27N3O/c1-5-18(4)16(20)13-17-12-14-8-10-15(11-9-14)19(6-2)7-3/h8-11,17H,5-7,12-13H2,1-4H3. The Morgan fingerprint density at radius 3 is 2.15 bits per heavy atom. The largest absolute Gasteiger partial charge is 0.372 e. The molecule has 0 saturated heterocycles. The zero-order chi connectivity index (χ0) is 15.0. The van der Waals surface area contributed by atoms with Crippen molar-refractivity contribution in [1.82, 2.24) is 10.2 Å². The van der Waals surface area contributed by atoms with Crippen LogP contribution < -0.4 is 10.2 Å². The van der Waals surface area contributed by atoms with Crippen LogP contribution in [0.5, 0.6) is 0 Å². The molecular weight excluding hydrogens is 250 g/mol. The number of hydrogen-bond donors (Lipinski definition) is 1. The number of benzene rings is 1. The van der Waals surface area contributed by atoms with Crippen LogP contribution in [0.2, 0.25) is 0 Å². The first-order valence-corrected chi connectivity index (χ1v) is 7.40. The fraction of sp³-hybridized carbons (Fsp3) is 0.562. The van der Waals surface area contributed by atoms with Crippen molar-refractivity contribution in [2.45, 2.75) is 27.3 Å². The summed E-state index contributed by atoms with van der Waals surface area (Å²) < 4.78 is 0. The molecule has 0 heterocycles. The summed E-state index contributed by atoms with van der Waals surface area (Å²) in [5.41, 5.74) is 2.45. The summed E-state index contributed by atoms with van der Waals surface area (Å²) >= 11 is 0. The van der Waals surface area contributed by atoms with Gasteiger partial charge in [0.25, 0.3) is 0 Å². The van der Waals surface area contributed by atoms with Crippen LogP contribution in [0, 0.1) is 0 Å². The second-order valence-corrected chi connectivity index (χ2v) is 4.85. The minimum Gasteiger partial charge on any atom is -0.372 e. The van der Waals surface area contributed by atoms with E-state index in [0.717, 1.165) is 26.2 Å². The molecule has 1 aromatic carbocycles. The van der Waals surface area contributed by atoms with E-state index in [2.05, 4.69) is 48.3 Å². The van der Waals surface area contributed by atoms with Crippen molar-refractivity contribution in [1.29, 1.82) is 0 Å². The molecular formula is C16H27N3O. The lowest BCUT2D eigenvalue weighted by Crippen LogP contribution is -2.35. The average Bonchev–Trinajstić information content (AvgIpc) is 2.49. The fourth-order valence-electron chi connectivity index (χ4n) is 2.04. The summed E-state index contributed by atoms with van der Waals surface area (Å²) in [4.78, 5) is 15.7. The number of likely N-dealkylation sites (N-methyl/N-ethyl adjacent to an activating group) is 1. The highest BCUT2D eigenvalue weighted by Crippen LogP contribution is 2.14. The van der Waals surface area contributed by atoms with Crippen molar-refractivity contribution in [2.24, 2.45) is 0 Å². The third-order valence-electron chi connectivity index (χ3n) is 3.57. The topological polar surface area (TPSA) is 35.6 Å². The Hall–Kier alpha value is -1.55. The molecule has 0 radical (unpaired) electrons. The zero-order valence-corrected chi connectivity index (χ0v) is 13.1. The van der Waals surface area contributed by atoms with Crippen LogP contribution in [-0.4, -0.2) is 44.0 Å². The molecule has 112 valence electrons. The van der Waals surface area contributed by atoms with Crippen molar-refractivity contribution in [2.75, 3.05) is 38.1 Å². The summed E-state index contributed by atoms with van der Waals surface area (Å²) in [7, 11) is 1.82. The van der Waals surface area contributed by atoms with Gasteiger partial charge in [0, 0.05) is 38.9 Å². The Balaban J connectivity index is 2.44. The van der Waals surface area contributed by atoms with Crippen molar-refractivity contribution in [3.63, 3.8) is 0 Å². The monoisotopic (exact) mass is 277 g/mol. The molecule has 20 heavy (non-hydrogen) atoms. The van der Waals surface area contributed by atoms with Crippen LogP contribution >= 0.6 is 0 Å². The third kappa shape index (κ3) is 4.85. The van der Waals surface area contributed by atoms with Crippen molar-refractivity contribution in [3.05, 3.63) is 29.8 Å². The fourth-order valence-corrected chi connectivity index (χ4v) is 2.04. The third-order valence-corrected chi connectivity index (χ3v) is 3.57. The summed E-state index contributed by atoms with van der Waals surface area (Å²) in [5.74, 6) is 0.132. The maximum atomic E-state index is 11.6. The van der Waals surface area contributed by atoms with Gasteiger partial charge in [-0.1, -0.05) is 12.1 Å². The average molecular weight is 277 g/mol. The van der Waals surface area contributed by atoms with Gasteiger partial charge in [-0.25, -0.2) is 0 Å². The van der Waals surface area contributed by atoms with Gasteiger partial charge in [-0.3, -0.25) is 4.79 Å². The van der Waals surface area contributed by atoms with E-state index in [0.29, 0.717) is 6.54 Å². The molecule has 4 heteroatoms. The van der Waals surface area contributed by atoms with Gasteiger partial charge >= 0.3 is 0 Å². The Morgan fingerprint density at radius 2 is 1.65 bits per heavy atom. The molecule has 0 fully saturated rings. The second kappa shape index (κ2) is 8.59. The number of nitrogens with zero attached hydrogens (tertiary/aromatic N) is 2. The summed E-state index contributed by atoms with van der Waals surface area (Å²) in [6.07, 6.45) is 0. The maximum Gasteiger partial charge on any atom is 0.236 e. The maximum absolute atomic E-state index is 11.6. The molecule has 1 N–H and O–H groups in total. The molecule has 0 aliphatic carbocycles. The van der Waals surface area contributed by atoms with E-state index < -0.39 is 0 Å². The number of rotatable bonds is 8. The number of carbonyl (C=O) groups excluding carboxylic acids is 1. The Bertz CT molecular complexity index is 399. The Morgan fingerprint density at radius 1 is 1.05 bits per heavy atom. The van der Waals surface area contributed by atoms with E-state index in [1.807, 2.05) is 14.0 Å². The normalized spacial score (nSPS) is 10.4. The highest BCUT2D eigenvalue weighted by atomic mass is 16.2. The van der Waals surface area contributed by atoms with Crippen LogP contribution in [-0.2, 0) is 11.3 Å². The van der Waals surface area contributed by atoms with Crippen LogP contribution in [0.25, 0.3) is 0 Å². The molecule has 0 atom stereocenters. The van der Waals surface area contributed by atoms with Crippen molar-refractivity contribution < 1.29 is 4.79 Å². The summed E-state index contributed by atoms with van der Waals surface area (Å²) in [6.45, 7) is 10.2. The molecule has 0 aromatic heterocycles. The van der Waals surface area contributed by atoms with Gasteiger partial charge in [0.05, 0.1) is 6.54 Å². The van der Waals surface area contributed by atoms with Crippen LogP contribution in [0.3, 0.4) is 0 Å². The lowest BCUT2D eigenvalue weighted by Gasteiger charge is -2.21.